The molecule has 0 fully saturated rings. The Morgan fingerprint density at radius 3 is 2.36 bits per heavy atom. The number of rotatable bonds is 8. The van der Waals surface area contributed by atoms with Crippen molar-refractivity contribution in [3.05, 3.63) is 52.2 Å². The van der Waals surface area contributed by atoms with Gasteiger partial charge in [-0.1, -0.05) is 25.1 Å². The maximum absolute atomic E-state index is 6.06. The van der Waals surface area contributed by atoms with Crippen LogP contribution in [0.5, 0.6) is 5.75 Å². The number of nitrogens with zero attached hydrogens (tertiary/aromatic N) is 1. The molecule has 120 valence electrons. The first-order valence-corrected chi connectivity index (χ1v) is 8.42. The van der Waals surface area contributed by atoms with Gasteiger partial charge >= 0.3 is 0 Å². The average Bonchev–Trinajstić information content (AvgIpc) is 3.07. The Morgan fingerprint density at radius 2 is 1.86 bits per heavy atom. The van der Waals surface area contributed by atoms with Crippen molar-refractivity contribution in [2.75, 3.05) is 27.8 Å². The van der Waals surface area contributed by atoms with Crippen LogP contribution in [-0.2, 0) is 16.9 Å². The van der Waals surface area contributed by atoms with E-state index in [1.54, 1.807) is 18.4 Å². The molecule has 0 saturated carbocycles. The maximum atomic E-state index is 6.06. The third kappa shape index (κ3) is 3.69. The minimum atomic E-state index is -0.0549. The molecule has 0 aliphatic heterocycles. The third-order valence-electron chi connectivity index (χ3n) is 4.19. The molecule has 0 N–H and O–H groups in total. The van der Waals surface area contributed by atoms with Gasteiger partial charge < -0.3 is 9.47 Å². The lowest BCUT2D eigenvalue weighted by Gasteiger charge is -2.38. The Balaban J connectivity index is 2.02. The summed E-state index contributed by atoms with van der Waals surface area (Å²) < 4.78 is 11.2. The molecule has 0 radical (unpaired) electrons. The minimum Gasteiger partial charge on any atom is -0.497 e. The van der Waals surface area contributed by atoms with Gasteiger partial charge in [0.05, 0.1) is 25.9 Å². The zero-order chi connectivity index (χ0) is 16.0. The van der Waals surface area contributed by atoms with Crippen LogP contribution in [0, 0.1) is 0 Å². The highest BCUT2D eigenvalue weighted by molar-refractivity contribution is 7.10. The smallest absolute Gasteiger partial charge is 0.118 e. The summed E-state index contributed by atoms with van der Waals surface area (Å²) in [6.45, 7) is 3.52. The third-order valence-corrected chi connectivity index (χ3v) is 5.25. The van der Waals surface area contributed by atoms with Crippen molar-refractivity contribution in [1.82, 2.24) is 4.90 Å². The van der Waals surface area contributed by atoms with Gasteiger partial charge in [-0.3, -0.25) is 4.90 Å². The Bertz CT molecular complexity index is 551. The maximum Gasteiger partial charge on any atom is 0.118 e. The molecule has 2 aromatic rings. The Labute approximate surface area is 137 Å². The first-order chi connectivity index (χ1) is 10.6. The zero-order valence-corrected chi connectivity index (χ0v) is 14.7. The summed E-state index contributed by atoms with van der Waals surface area (Å²) in [4.78, 5) is 3.63. The molecule has 3 nitrogen and oxygen atoms in total. The van der Waals surface area contributed by atoms with Crippen molar-refractivity contribution in [2.45, 2.75) is 25.5 Å². The molecule has 0 aliphatic carbocycles. The second kappa shape index (κ2) is 7.77. The molecule has 22 heavy (non-hydrogen) atoms. The highest BCUT2D eigenvalue weighted by Gasteiger charge is 2.34. The van der Waals surface area contributed by atoms with Crippen LogP contribution in [0.4, 0.5) is 0 Å². The van der Waals surface area contributed by atoms with Crippen LogP contribution < -0.4 is 4.74 Å². The summed E-state index contributed by atoms with van der Waals surface area (Å²) >= 11 is 1.80. The molecule has 1 aromatic carbocycles. The summed E-state index contributed by atoms with van der Waals surface area (Å²) in [6, 6.07) is 12.3. The number of likely N-dealkylation sites (N-methyl/N-ethyl adjacent to an activating group) is 1. The highest BCUT2D eigenvalue weighted by Crippen LogP contribution is 2.34. The van der Waals surface area contributed by atoms with Crippen molar-refractivity contribution in [2.24, 2.45) is 0 Å². The van der Waals surface area contributed by atoms with Gasteiger partial charge in [-0.25, -0.2) is 0 Å². The van der Waals surface area contributed by atoms with Crippen molar-refractivity contribution in [1.29, 1.82) is 0 Å². The van der Waals surface area contributed by atoms with E-state index >= 15 is 0 Å². The highest BCUT2D eigenvalue weighted by atomic mass is 32.1. The van der Waals surface area contributed by atoms with Gasteiger partial charge in [-0.05, 0) is 49.7 Å². The summed E-state index contributed by atoms with van der Waals surface area (Å²) in [5.74, 6) is 0.874. The fraction of sp³-hybridized carbons (Fsp3) is 0.444. The second-order valence-electron chi connectivity index (χ2n) is 5.60. The Morgan fingerprint density at radius 1 is 1.14 bits per heavy atom. The lowest BCUT2D eigenvalue weighted by molar-refractivity contribution is 0.00407. The molecule has 0 bridgehead atoms. The number of benzene rings is 1. The lowest BCUT2D eigenvalue weighted by Crippen LogP contribution is -2.44. The van der Waals surface area contributed by atoms with Crippen molar-refractivity contribution >= 4 is 11.3 Å². The molecule has 0 saturated heterocycles. The molecule has 0 amide bonds. The topological polar surface area (TPSA) is 21.7 Å². The van der Waals surface area contributed by atoms with Gasteiger partial charge in [-0.15, -0.1) is 11.3 Å². The van der Waals surface area contributed by atoms with Crippen LogP contribution in [0.1, 0.15) is 23.8 Å². The number of hydrogen-bond donors (Lipinski definition) is 0. The first kappa shape index (κ1) is 17.0. The van der Waals surface area contributed by atoms with Crippen LogP contribution >= 0.6 is 11.3 Å². The van der Waals surface area contributed by atoms with E-state index < -0.39 is 0 Å². The van der Waals surface area contributed by atoms with Gasteiger partial charge in [0.15, 0.2) is 0 Å². The summed E-state index contributed by atoms with van der Waals surface area (Å²) in [5, 5.41) is 2.13. The summed E-state index contributed by atoms with van der Waals surface area (Å²) in [5.41, 5.74) is 1.11. The van der Waals surface area contributed by atoms with E-state index in [9.17, 15) is 0 Å². The number of hydrogen-bond acceptors (Lipinski definition) is 4. The SMILES string of the molecule is CCC(COCc1ccc(OC)cc1)(c1cccs1)N(C)C. The van der Waals surface area contributed by atoms with Crippen LogP contribution in [0.2, 0.25) is 0 Å². The van der Waals surface area contributed by atoms with E-state index in [1.165, 1.54) is 4.88 Å². The molecule has 2 rings (SSSR count). The van der Waals surface area contributed by atoms with E-state index in [1.807, 2.05) is 24.3 Å². The summed E-state index contributed by atoms with van der Waals surface area (Å²) in [6.07, 6.45) is 1.02. The lowest BCUT2D eigenvalue weighted by atomic mass is 9.93. The van der Waals surface area contributed by atoms with Gasteiger partial charge in [0.25, 0.3) is 0 Å². The Hall–Kier alpha value is -1.36. The molecule has 0 spiro atoms. The molecular formula is C18H25NO2S. The van der Waals surface area contributed by atoms with Crippen molar-refractivity contribution < 1.29 is 9.47 Å². The Kier molecular flexibility index (Phi) is 6.00. The monoisotopic (exact) mass is 319 g/mol. The first-order valence-electron chi connectivity index (χ1n) is 7.54. The predicted octanol–water partition coefficient (Wildman–Crippen LogP) is 4.14. The average molecular weight is 319 g/mol. The minimum absolute atomic E-state index is 0.0549. The zero-order valence-electron chi connectivity index (χ0n) is 13.8. The van der Waals surface area contributed by atoms with Crippen molar-refractivity contribution in [3.63, 3.8) is 0 Å². The van der Waals surface area contributed by atoms with Gasteiger partial charge in [0, 0.05) is 4.88 Å². The van der Waals surface area contributed by atoms with E-state index in [0.717, 1.165) is 17.7 Å². The van der Waals surface area contributed by atoms with Gasteiger partial charge in [0.1, 0.15) is 5.75 Å². The van der Waals surface area contributed by atoms with E-state index in [0.29, 0.717) is 13.2 Å². The van der Waals surface area contributed by atoms with Crippen LogP contribution in [-0.4, -0.2) is 32.7 Å². The van der Waals surface area contributed by atoms with Crippen molar-refractivity contribution in [3.8, 4) is 5.75 Å². The number of ether oxygens (including phenoxy) is 2. The quantitative estimate of drug-likeness (QED) is 0.730. The van der Waals surface area contributed by atoms with Gasteiger partial charge in [0.2, 0.25) is 0 Å². The second-order valence-corrected chi connectivity index (χ2v) is 6.55. The largest absolute Gasteiger partial charge is 0.497 e. The number of methoxy groups -OCH3 is 1. The van der Waals surface area contributed by atoms with Crippen LogP contribution in [0.15, 0.2) is 41.8 Å². The normalized spacial score (nSPS) is 14.0. The predicted molar refractivity (Wildman–Crippen MR) is 92.6 cm³/mol. The van der Waals surface area contributed by atoms with E-state index in [-0.39, 0.29) is 5.54 Å². The molecular weight excluding hydrogens is 294 g/mol. The summed E-state index contributed by atoms with van der Waals surface area (Å²) in [7, 11) is 5.93. The van der Waals surface area contributed by atoms with E-state index in [2.05, 4.69) is 43.4 Å². The van der Waals surface area contributed by atoms with Gasteiger partial charge in [-0.2, -0.15) is 0 Å². The van der Waals surface area contributed by atoms with Crippen LogP contribution in [0.3, 0.4) is 0 Å². The standard InChI is InChI=1S/C18H25NO2S/c1-5-18(19(2)3,17-7-6-12-22-17)14-21-13-15-8-10-16(20-4)11-9-15/h6-12H,5,13-14H2,1-4H3. The fourth-order valence-corrected chi connectivity index (χ4v) is 3.68. The molecule has 1 atom stereocenters. The molecule has 1 heterocycles. The van der Waals surface area contributed by atoms with E-state index in [4.69, 9.17) is 9.47 Å². The van der Waals surface area contributed by atoms with Crippen LogP contribution in [0.25, 0.3) is 0 Å². The molecule has 1 aromatic heterocycles. The molecule has 0 aliphatic rings. The number of thiophene rings is 1. The molecule has 4 heteroatoms. The molecule has 1 unspecified atom stereocenters. The fourth-order valence-electron chi connectivity index (χ4n) is 2.62.